The highest BCUT2D eigenvalue weighted by Crippen LogP contribution is 2.09. The largest absolute Gasteiger partial charge is 0.480 e. The molecule has 1 rings (SSSR count). The minimum absolute atomic E-state index is 0.0231. The van der Waals surface area contributed by atoms with Gasteiger partial charge in [0.05, 0.1) is 0 Å². The Morgan fingerprint density at radius 1 is 1.35 bits per heavy atom. The predicted octanol–water partition coefficient (Wildman–Crippen LogP) is -0.400. The van der Waals surface area contributed by atoms with Gasteiger partial charge in [-0.3, -0.25) is 14.4 Å². The second-order valence-electron chi connectivity index (χ2n) is 3.43. The van der Waals surface area contributed by atoms with Crippen molar-refractivity contribution >= 4 is 17.8 Å². The van der Waals surface area contributed by atoms with Crippen molar-refractivity contribution in [1.29, 1.82) is 0 Å². The van der Waals surface area contributed by atoms with Crippen molar-refractivity contribution in [2.24, 2.45) is 5.73 Å². The molecule has 0 aliphatic rings. The molecule has 0 aliphatic carbocycles. The first-order valence-corrected chi connectivity index (χ1v) is 4.76. The van der Waals surface area contributed by atoms with Crippen molar-refractivity contribution in [3.8, 4) is 0 Å². The van der Waals surface area contributed by atoms with Crippen LogP contribution in [0.1, 0.15) is 16.3 Å². The molecule has 1 aromatic rings. The van der Waals surface area contributed by atoms with Gasteiger partial charge in [0.15, 0.2) is 5.76 Å². The first-order valence-electron chi connectivity index (χ1n) is 4.76. The third-order valence-electron chi connectivity index (χ3n) is 1.91. The Morgan fingerprint density at radius 3 is 2.41 bits per heavy atom. The van der Waals surface area contributed by atoms with E-state index in [1.807, 2.05) is 0 Å². The summed E-state index contributed by atoms with van der Waals surface area (Å²) in [6, 6.07) is 2.98. The molecule has 0 bridgehead atoms. The molecule has 0 radical (unpaired) electrons. The van der Waals surface area contributed by atoms with Gasteiger partial charge in [-0.05, 0) is 19.1 Å². The summed E-state index contributed by atoms with van der Waals surface area (Å²) in [5.41, 5.74) is 4.93. The number of rotatable bonds is 5. The molecule has 7 nitrogen and oxygen atoms in total. The van der Waals surface area contributed by atoms with Crippen LogP contribution in [0.2, 0.25) is 0 Å². The zero-order valence-corrected chi connectivity index (χ0v) is 9.17. The van der Waals surface area contributed by atoms with Crippen LogP contribution >= 0.6 is 0 Å². The number of carboxylic acids is 1. The maximum absolute atomic E-state index is 11.8. The Balaban J connectivity index is 2.85. The van der Waals surface area contributed by atoms with E-state index in [2.05, 4.69) is 0 Å². The number of hydrogen-bond acceptors (Lipinski definition) is 4. The van der Waals surface area contributed by atoms with E-state index in [4.69, 9.17) is 15.3 Å². The third kappa shape index (κ3) is 3.63. The molecular weight excluding hydrogens is 228 g/mol. The van der Waals surface area contributed by atoms with Gasteiger partial charge in [-0.1, -0.05) is 0 Å². The fourth-order valence-electron chi connectivity index (χ4n) is 1.26. The van der Waals surface area contributed by atoms with Crippen molar-refractivity contribution in [1.82, 2.24) is 4.90 Å². The number of carboxylic acid groups (broad SMARTS) is 1. The summed E-state index contributed by atoms with van der Waals surface area (Å²) in [7, 11) is 0. The molecule has 0 fully saturated rings. The Labute approximate surface area is 96.8 Å². The van der Waals surface area contributed by atoms with Crippen LogP contribution in [0, 0.1) is 6.92 Å². The van der Waals surface area contributed by atoms with Crippen LogP contribution < -0.4 is 5.73 Å². The number of hydrogen-bond donors (Lipinski definition) is 2. The standard InChI is InChI=1S/C10H12N2O5/c1-6-2-3-7(17-6)10(16)12(4-8(11)13)5-9(14)15/h2-3H,4-5H2,1H3,(H2,11,13)(H,14,15). The zero-order chi connectivity index (χ0) is 13.0. The second kappa shape index (κ2) is 5.15. The summed E-state index contributed by atoms with van der Waals surface area (Å²) < 4.78 is 5.05. The van der Waals surface area contributed by atoms with E-state index in [9.17, 15) is 14.4 Å². The summed E-state index contributed by atoms with van der Waals surface area (Å²) in [5, 5.41) is 8.62. The third-order valence-corrected chi connectivity index (χ3v) is 1.91. The molecule has 92 valence electrons. The van der Waals surface area contributed by atoms with Gasteiger partial charge in [-0.2, -0.15) is 0 Å². The Morgan fingerprint density at radius 2 is 2.00 bits per heavy atom. The summed E-state index contributed by atoms with van der Waals surface area (Å²) in [4.78, 5) is 33.9. The highest BCUT2D eigenvalue weighted by atomic mass is 16.4. The summed E-state index contributed by atoms with van der Waals surface area (Å²) in [6.45, 7) is 0.568. The smallest absolute Gasteiger partial charge is 0.323 e. The molecule has 0 saturated carbocycles. The monoisotopic (exact) mass is 240 g/mol. The van der Waals surface area contributed by atoms with Gasteiger partial charge in [0.25, 0.3) is 5.91 Å². The van der Waals surface area contributed by atoms with Crippen molar-refractivity contribution in [3.63, 3.8) is 0 Å². The number of carbonyl (C=O) groups is 3. The van der Waals surface area contributed by atoms with Gasteiger partial charge in [0.1, 0.15) is 18.8 Å². The van der Waals surface area contributed by atoms with Gasteiger partial charge in [0, 0.05) is 0 Å². The number of nitrogens with zero attached hydrogens (tertiary/aromatic N) is 1. The van der Waals surface area contributed by atoms with E-state index in [1.165, 1.54) is 6.07 Å². The van der Waals surface area contributed by atoms with Crippen molar-refractivity contribution < 1.29 is 23.9 Å². The summed E-state index contributed by atoms with van der Waals surface area (Å²) >= 11 is 0. The molecule has 0 saturated heterocycles. The molecule has 0 aromatic carbocycles. The van der Waals surface area contributed by atoms with Crippen LogP contribution in [0.25, 0.3) is 0 Å². The first-order chi connectivity index (χ1) is 7.90. The summed E-state index contributed by atoms with van der Waals surface area (Å²) in [6.07, 6.45) is 0. The van der Waals surface area contributed by atoms with Crippen LogP contribution in [0.4, 0.5) is 0 Å². The fraction of sp³-hybridized carbons (Fsp3) is 0.300. The molecule has 1 heterocycles. The van der Waals surface area contributed by atoms with Crippen molar-refractivity contribution in [3.05, 3.63) is 23.7 Å². The molecule has 3 N–H and O–H groups in total. The van der Waals surface area contributed by atoms with Crippen LogP contribution in [-0.2, 0) is 9.59 Å². The molecule has 0 atom stereocenters. The molecule has 2 amide bonds. The minimum Gasteiger partial charge on any atom is -0.480 e. The van der Waals surface area contributed by atoms with E-state index in [-0.39, 0.29) is 5.76 Å². The van der Waals surface area contributed by atoms with Gasteiger partial charge < -0.3 is 20.2 Å². The van der Waals surface area contributed by atoms with Gasteiger partial charge in [0.2, 0.25) is 5.91 Å². The number of furan rings is 1. The number of carbonyl (C=O) groups excluding carboxylic acids is 2. The average Bonchev–Trinajstić information content (AvgIpc) is 2.61. The SMILES string of the molecule is Cc1ccc(C(=O)N(CC(N)=O)CC(=O)O)o1. The van der Waals surface area contributed by atoms with E-state index in [0.717, 1.165) is 4.90 Å². The molecule has 1 aromatic heterocycles. The second-order valence-corrected chi connectivity index (χ2v) is 3.43. The lowest BCUT2D eigenvalue weighted by molar-refractivity contribution is -0.138. The van der Waals surface area contributed by atoms with Crippen LogP contribution in [-0.4, -0.2) is 40.9 Å². The van der Waals surface area contributed by atoms with Crippen LogP contribution in [0.5, 0.6) is 0 Å². The molecule has 17 heavy (non-hydrogen) atoms. The lowest BCUT2D eigenvalue weighted by atomic mass is 10.3. The molecular formula is C10H12N2O5. The number of aliphatic carboxylic acids is 1. The van der Waals surface area contributed by atoms with E-state index >= 15 is 0 Å². The normalized spacial score (nSPS) is 9.94. The molecule has 0 unspecified atom stereocenters. The topological polar surface area (TPSA) is 114 Å². The number of primary amides is 1. The first kappa shape index (κ1) is 12.8. The van der Waals surface area contributed by atoms with Crippen LogP contribution in [0.15, 0.2) is 16.5 Å². The van der Waals surface area contributed by atoms with E-state index in [0.29, 0.717) is 5.76 Å². The van der Waals surface area contributed by atoms with E-state index < -0.39 is 30.9 Å². The van der Waals surface area contributed by atoms with Gasteiger partial charge in [-0.15, -0.1) is 0 Å². The zero-order valence-electron chi connectivity index (χ0n) is 9.17. The molecule has 7 heteroatoms. The Hall–Kier alpha value is -2.31. The molecule has 0 aliphatic heterocycles. The number of nitrogens with two attached hydrogens (primary N) is 1. The lowest BCUT2D eigenvalue weighted by Gasteiger charge is -2.17. The Kier molecular flexibility index (Phi) is 3.86. The Bertz CT molecular complexity index is 435. The van der Waals surface area contributed by atoms with Gasteiger partial charge in [-0.25, -0.2) is 0 Å². The number of aryl methyl sites for hydroxylation is 1. The van der Waals surface area contributed by atoms with Crippen LogP contribution in [0.3, 0.4) is 0 Å². The maximum atomic E-state index is 11.8. The quantitative estimate of drug-likeness (QED) is 0.726. The lowest BCUT2D eigenvalue weighted by Crippen LogP contribution is -2.41. The highest BCUT2D eigenvalue weighted by Gasteiger charge is 2.22. The average molecular weight is 240 g/mol. The van der Waals surface area contributed by atoms with E-state index in [1.54, 1.807) is 13.0 Å². The predicted molar refractivity (Wildman–Crippen MR) is 56.2 cm³/mol. The number of amides is 2. The minimum atomic E-state index is -1.23. The van der Waals surface area contributed by atoms with Crippen molar-refractivity contribution in [2.45, 2.75) is 6.92 Å². The molecule has 0 spiro atoms. The fourth-order valence-corrected chi connectivity index (χ4v) is 1.26. The highest BCUT2D eigenvalue weighted by molar-refractivity contribution is 5.95. The van der Waals surface area contributed by atoms with Crippen molar-refractivity contribution in [2.75, 3.05) is 13.1 Å². The van der Waals surface area contributed by atoms with Gasteiger partial charge >= 0.3 is 5.97 Å². The summed E-state index contributed by atoms with van der Waals surface area (Å²) in [5.74, 6) is -2.21. The maximum Gasteiger partial charge on any atom is 0.323 e.